The Bertz CT molecular complexity index is 545. The molecule has 0 aromatic carbocycles. The molecule has 2 heterocycles. The molecule has 0 radical (unpaired) electrons. The highest BCUT2D eigenvalue weighted by atomic mass is 35.5. The van der Waals surface area contributed by atoms with Gasteiger partial charge in [-0.25, -0.2) is 0 Å². The van der Waals surface area contributed by atoms with E-state index in [1.54, 1.807) is 6.20 Å². The second-order valence-electron chi connectivity index (χ2n) is 4.80. The Kier molecular flexibility index (Phi) is 4.66. The molecule has 1 atom stereocenters. The van der Waals surface area contributed by atoms with E-state index in [9.17, 15) is 0 Å². The first-order valence-electron chi connectivity index (χ1n) is 6.57. The second kappa shape index (κ2) is 6.07. The molecule has 0 aliphatic heterocycles. The van der Waals surface area contributed by atoms with Crippen molar-refractivity contribution < 1.29 is 0 Å². The molecule has 5 heteroatoms. The molecular weight excluding hydrogens is 278 g/mol. The number of rotatable bonds is 5. The number of nitrogens with zero attached hydrogens (tertiary/aromatic N) is 2. The lowest BCUT2D eigenvalue weighted by atomic mass is 10.1. The summed E-state index contributed by atoms with van der Waals surface area (Å²) in [6.07, 6.45) is 2.80. The molecule has 2 aromatic heterocycles. The SMILES string of the molecule is CCc1ccc(C(NC)c2c(Cl)cnn2C(C)C)s1. The summed E-state index contributed by atoms with van der Waals surface area (Å²) in [6, 6.07) is 4.76. The molecule has 1 N–H and O–H groups in total. The van der Waals surface area contributed by atoms with Crippen molar-refractivity contribution in [3.8, 4) is 0 Å². The molecule has 0 aliphatic carbocycles. The molecule has 0 saturated carbocycles. The Hall–Kier alpha value is -0.840. The molecule has 19 heavy (non-hydrogen) atoms. The summed E-state index contributed by atoms with van der Waals surface area (Å²) in [7, 11) is 1.96. The van der Waals surface area contributed by atoms with Gasteiger partial charge in [0.05, 0.1) is 23.0 Å². The van der Waals surface area contributed by atoms with Crippen LogP contribution in [0, 0.1) is 0 Å². The Labute approximate surface area is 123 Å². The number of nitrogens with one attached hydrogen (secondary N) is 1. The number of thiophene rings is 1. The van der Waals surface area contributed by atoms with Gasteiger partial charge >= 0.3 is 0 Å². The summed E-state index contributed by atoms with van der Waals surface area (Å²) in [4.78, 5) is 2.67. The van der Waals surface area contributed by atoms with Crippen molar-refractivity contribution in [2.75, 3.05) is 7.05 Å². The lowest BCUT2D eigenvalue weighted by Gasteiger charge is -2.19. The standard InChI is InChI=1S/C14H20ClN3S/c1-5-10-6-7-12(19-10)13(16-4)14-11(15)8-17-18(14)9(2)3/h6-9,13,16H,5H2,1-4H3. The van der Waals surface area contributed by atoms with Crippen molar-refractivity contribution in [1.29, 1.82) is 0 Å². The topological polar surface area (TPSA) is 29.9 Å². The van der Waals surface area contributed by atoms with Crippen LogP contribution in [0.25, 0.3) is 0 Å². The highest BCUT2D eigenvalue weighted by molar-refractivity contribution is 7.12. The molecule has 0 spiro atoms. The summed E-state index contributed by atoms with van der Waals surface area (Å²) < 4.78 is 1.99. The fourth-order valence-corrected chi connectivity index (χ4v) is 3.49. The fourth-order valence-electron chi connectivity index (χ4n) is 2.19. The highest BCUT2D eigenvalue weighted by Crippen LogP contribution is 2.33. The Morgan fingerprint density at radius 1 is 1.42 bits per heavy atom. The van der Waals surface area contributed by atoms with E-state index in [0.29, 0.717) is 6.04 Å². The third-order valence-electron chi connectivity index (χ3n) is 3.15. The van der Waals surface area contributed by atoms with Crippen LogP contribution in [0.4, 0.5) is 0 Å². The molecule has 0 amide bonds. The van der Waals surface area contributed by atoms with Crippen molar-refractivity contribution in [3.05, 3.63) is 38.8 Å². The third kappa shape index (κ3) is 2.86. The lowest BCUT2D eigenvalue weighted by Crippen LogP contribution is -2.22. The molecule has 0 saturated heterocycles. The van der Waals surface area contributed by atoms with Crippen LogP contribution in [0.3, 0.4) is 0 Å². The summed E-state index contributed by atoms with van der Waals surface area (Å²) in [5.41, 5.74) is 1.05. The van der Waals surface area contributed by atoms with Gasteiger partial charge in [-0.15, -0.1) is 11.3 Å². The summed E-state index contributed by atoms with van der Waals surface area (Å²) in [5, 5.41) is 8.47. The van der Waals surface area contributed by atoms with Crippen molar-refractivity contribution in [1.82, 2.24) is 15.1 Å². The number of halogens is 1. The van der Waals surface area contributed by atoms with Gasteiger partial charge in [0.25, 0.3) is 0 Å². The summed E-state index contributed by atoms with van der Waals surface area (Å²) in [6.45, 7) is 6.41. The smallest absolute Gasteiger partial charge is 0.0854 e. The molecular formula is C14H20ClN3S. The van der Waals surface area contributed by atoms with E-state index >= 15 is 0 Å². The lowest BCUT2D eigenvalue weighted by molar-refractivity contribution is 0.486. The van der Waals surface area contributed by atoms with E-state index in [4.69, 9.17) is 11.6 Å². The number of hydrogen-bond donors (Lipinski definition) is 1. The van der Waals surface area contributed by atoms with Crippen LogP contribution in [-0.4, -0.2) is 16.8 Å². The van der Waals surface area contributed by atoms with Gasteiger partial charge in [-0.3, -0.25) is 4.68 Å². The monoisotopic (exact) mass is 297 g/mol. The van der Waals surface area contributed by atoms with Gasteiger partial charge in [-0.05, 0) is 39.4 Å². The van der Waals surface area contributed by atoms with Crippen LogP contribution in [0.1, 0.15) is 48.3 Å². The minimum Gasteiger partial charge on any atom is -0.307 e. The quantitative estimate of drug-likeness (QED) is 0.902. The minimum absolute atomic E-state index is 0.0997. The normalized spacial score (nSPS) is 13.2. The molecule has 1 unspecified atom stereocenters. The first kappa shape index (κ1) is 14.6. The zero-order chi connectivity index (χ0) is 14.0. The van der Waals surface area contributed by atoms with E-state index in [-0.39, 0.29) is 6.04 Å². The fraction of sp³-hybridized carbons (Fsp3) is 0.500. The number of aryl methyl sites for hydroxylation is 1. The summed E-state index contributed by atoms with van der Waals surface area (Å²) in [5.74, 6) is 0. The first-order valence-corrected chi connectivity index (χ1v) is 7.76. The molecule has 0 aliphatic rings. The van der Waals surface area contributed by atoms with Gasteiger partial charge in [-0.2, -0.15) is 5.10 Å². The van der Waals surface area contributed by atoms with Crippen LogP contribution < -0.4 is 5.32 Å². The van der Waals surface area contributed by atoms with Crippen LogP contribution in [0.15, 0.2) is 18.3 Å². The molecule has 0 bridgehead atoms. The van der Waals surface area contributed by atoms with E-state index in [0.717, 1.165) is 17.1 Å². The van der Waals surface area contributed by atoms with Crippen molar-refractivity contribution in [2.24, 2.45) is 0 Å². The van der Waals surface area contributed by atoms with Crippen molar-refractivity contribution in [2.45, 2.75) is 39.3 Å². The van der Waals surface area contributed by atoms with E-state index in [1.807, 2.05) is 23.1 Å². The molecule has 2 rings (SSSR count). The highest BCUT2D eigenvalue weighted by Gasteiger charge is 2.23. The number of hydrogen-bond acceptors (Lipinski definition) is 3. The first-order chi connectivity index (χ1) is 9.08. The maximum absolute atomic E-state index is 6.33. The van der Waals surface area contributed by atoms with Crippen molar-refractivity contribution >= 4 is 22.9 Å². The van der Waals surface area contributed by atoms with E-state index in [1.165, 1.54) is 9.75 Å². The predicted octanol–water partition coefficient (Wildman–Crippen LogP) is 4.05. The maximum atomic E-state index is 6.33. The van der Waals surface area contributed by atoms with Crippen LogP contribution in [0.5, 0.6) is 0 Å². The second-order valence-corrected chi connectivity index (χ2v) is 6.40. The van der Waals surface area contributed by atoms with Crippen molar-refractivity contribution in [3.63, 3.8) is 0 Å². The maximum Gasteiger partial charge on any atom is 0.0854 e. The molecule has 3 nitrogen and oxygen atoms in total. The number of aromatic nitrogens is 2. The van der Waals surface area contributed by atoms with Gasteiger partial charge in [0, 0.05) is 15.8 Å². The largest absolute Gasteiger partial charge is 0.307 e. The Morgan fingerprint density at radius 3 is 2.68 bits per heavy atom. The van der Waals surface area contributed by atoms with E-state index in [2.05, 4.69) is 43.3 Å². The van der Waals surface area contributed by atoms with Gasteiger partial charge in [0.1, 0.15) is 0 Å². The van der Waals surface area contributed by atoms with E-state index < -0.39 is 0 Å². The van der Waals surface area contributed by atoms with Crippen LogP contribution >= 0.6 is 22.9 Å². The Balaban J connectivity index is 2.44. The molecule has 0 fully saturated rings. The van der Waals surface area contributed by atoms with Gasteiger partial charge in [0.2, 0.25) is 0 Å². The predicted molar refractivity (Wildman–Crippen MR) is 82.2 cm³/mol. The van der Waals surface area contributed by atoms with Crippen LogP contribution in [0.2, 0.25) is 5.02 Å². The zero-order valence-electron chi connectivity index (χ0n) is 11.8. The van der Waals surface area contributed by atoms with Gasteiger partial charge in [-0.1, -0.05) is 18.5 Å². The van der Waals surface area contributed by atoms with Gasteiger partial charge < -0.3 is 5.32 Å². The average Bonchev–Trinajstić information content (AvgIpc) is 2.99. The third-order valence-corrected chi connectivity index (χ3v) is 4.74. The Morgan fingerprint density at radius 2 is 2.16 bits per heavy atom. The molecule has 2 aromatic rings. The zero-order valence-corrected chi connectivity index (χ0v) is 13.3. The average molecular weight is 298 g/mol. The molecule has 104 valence electrons. The summed E-state index contributed by atoms with van der Waals surface area (Å²) >= 11 is 8.17. The van der Waals surface area contributed by atoms with Gasteiger partial charge in [0.15, 0.2) is 0 Å². The minimum atomic E-state index is 0.0997. The van der Waals surface area contributed by atoms with Crippen LogP contribution in [-0.2, 0) is 6.42 Å².